The van der Waals surface area contributed by atoms with Gasteiger partial charge in [0.2, 0.25) is 0 Å². The zero-order chi connectivity index (χ0) is 14.3. The van der Waals surface area contributed by atoms with E-state index in [0.29, 0.717) is 20.8 Å². The molecule has 0 amide bonds. The van der Waals surface area contributed by atoms with Crippen molar-refractivity contribution in [2.45, 2.75) is 24.8 Å². The monoisotopic (exact) mass is 386 g/mol. The summed E-state index contributed by atoms with van der Waals surface area (Å²) in [6, 6.07) is 4.51. The number of halogens is 1. The average molecular weight is 386 g/mol. The first-order valence-electron chi connectivity index (χ1n) is 6.07. The molecule has 0 atom stereocenters. The molecule has 1 saturated carbocycles. The first-order valence-corrected chi connectivity index (χ1v) is 7.15. The van der Waals surface area contributed by atoms with Gasteiger partial charge < -0.3 is 10.3 Å². The van der Waals surface area contributed by atoms with Crippen molar-refractivity contribution in [3.05, 3.63) is 37.7 Å². The van der Waals surface area contributed by atoms with Gasteiger partial charge in [-0.05, 0) is 47.9 Å². The van der Waals surface area contributed by atoms with Crippen LogP contribution in [0.25, 0.3) is 11.5 Å². The Balaban J connectivity index is 1.95. The number of nitrogens with zero attached hydrogens (tertiary/aromatic N) is 3. The van der Waals surface area contributed by atoms with Gasteiger partial charge >= 0.3 is 0 Å². The highest BCUT2D eigenvalue weighted by molar-refractivity contribution is 14.1. The third-order valence-electron chi connectivity index (χ3n) is 3.51. The summed E-state index contributed by atoms with van der Waals surface area (Å²) in [5.74, 6) is 0.851. The topological polar surface area (TPSA) is 108 Å². The molecule has 0 spiro atoms. The highest BCUT2D eigenvalue weighted by Gasteiger charge is 2.39. The minimum absolute atomic E-state index is 0.0344. The Hall–Kier alpha value is -1.55. The minimum atomic E-state index is -0.478. The third-order valence-corrected chi connectivity index (χ3v) is 4.40. The average Bonchev–Trinajstić information content (AvgIpc) is 2.85. The van der Waals surface area contributed by atoms with Crippen molar-refractivity contribution in [1.82, 2.24) is 10.1 Å². The number of non-ortho nitro benzene ring substituents is 1. The van der Waals surface area contributed by atoms with Crippen LogP contribution in [0.2, 0.25) is 0 Å². The molecule has 0 bridgehead atoms. The molecular weight excluding hydrogens is 375 g/mol. The second kappa shape index (κ2) is 4.77. The van der Waals surface area contributed by atoms with Crippen LogP contribution in [0.3, 0.4) is 0 Å². The first-order chi connectivity index (χ1) is 9.49. The van der Waals surface area contributed by atoms with Crippen LogP contribution in [0.4, 0.5) is 5.69 Å². The predicted molar refractivity (Wildman–Crippen MR) is 78.8 cm³/mol. The number of rotatable bonds is 3. The zero-order valence-corrected chi connectivity index (χ0v) is 12.5. The third kappa shape index (κ3) is 2.18. The molecule has 1 aliphatic carbocycles. The summed E-state index contributed by atoms with van der Waals surface area (Å²) in [7, 11) is 0. The summed E-state index contributed by atoms with van der Waals surface area (Å²) in [6.45, 7) is 0. The smallest absolute Gasteiger partial charge is 0.270 e. The van der Waals surface area contributed by atoms with E-state index in [0.717, 1.165) is 19.3 Å². The van der Waals surface area contributed by atoms with E-state index in [1.807, 2.05) is 22.6 Å². The van der Waals surface area contributed by atoms with Crippen LogP contribution in [0.5, 0.6) is 0 Å². The molecule has 1 aliphatic rings. The van der Waals surface area contributed by atoms with Crippen LogP contribution in [-0.2, 0) is 5.54 Å². The SMILES string of the molecule is NC1(c2noc(-c3ccc([N+](=O)[O-])cc3I)n2)CCC1. The fourth-order valence-electron chi connectivity index (χ4n) is 2.11. The van der Waals surface area contributed by atoms with Crippen LogP contribution >= 0.6 is 22.6 Å². The molecule has 3 rings (SSSR count). The second-order valence-electron chi connectivity index (χ2n) is 4.85. The Morgan fingerprint density at radius 2 is 2.20 bits per heavy atom. The molecule has 20 heavy (non-hydrogen) atoms. The lowest BCUT2D eigenvalue weighted by Gasteiger charge is -2.34. The maximum atomic E-state index is 10.7. The normalized spacial score (nSPS) is 16.7. The van der Waals surface area contributed by atoms with Gasteiger partial charge in [0.05, 0.1) is 16.0 Å². The van der Waals surface area contributed by atoms with Crippen molar-refractivity contribution in [3.63, 3.8) is 0 Å². The molecule has 1 heterocycles. The quantitative estimate of drug-likeness (QED) is 0.494. The molecular formula is C12H11IN4O3. The van der Waals surface area contributed by atoms with Crippen molar-refractivity contribution in [3.8, 4) is 11.5 Å². The highest BCUT2D eigenvalue weighted by atomic mass is 127. The number of aromatic nitrogens is 2. The molecule has 2 aromatic rings. The summed E-state index contributed by atoms with van der Waals surface area (Å²) in [5, 5.41) is 14.7. The molecule has 1 aromatic carbocycles. The first kappa shape index (κ1) is 13.4. The molecule has 0 saturated heterocycles. The number of benzene rings is 1. The van der Waals surface area contributed by atoms with Gasteiger partial charge in [0.1, 0.15) is 0 Å². The fraction of sp³-hybridized carbons (Fsp3) is 0.333. The number of nitrogens with two attached hydrogens (primary N) is 1. The van der Waals surface area contributed by atoms with Crippen LogP contribution in [0.15, 0.2) is 22.7 Å². The molecule has 0 radical (unpaired) electrons. The molecule has 8 heteroatoms. The predicted octanol–water partition coefficient (Wildman–Crippen LogP) is 2.59. The summed E-state index contributed by atoms with van der Waals surface area (Å²) < 4.78 is 5.92. The van der Waals surface area contributed by atoms with E-state index in [-0.39, 0.29) is 5.69 Å². The van der Waals surface area contributed by atoms with Crippen LogP contribution < -0.4 is 5.73 Å². The van der Waals surface area contributed by atoms with Gasteiger partial charge in [0.15, 0.2) is 5.82 Å². The summed E-state index contributed by atoms with van der Waals surface area (Å²) >= 11 is 2.01. The minimum Gasteiger partial charge on any atom is -0.334 e. The zero-order valence-electron chi connectivity index (χ0n) is 10.4. The van der Waals surface area contributed by atoms with Crippen molar-refractivity contribution < 1.29 is 9.45 Å². The summed E-state index contributed by atoms with van der Waals surface area (Å²) in [5.41, 5.74) is 6.38. The molecule has 2 N–H and O–H groups in total. The van der Waals surface area contributed by atoms with Gasteiger partial charge in [0, 0.05) is 15.7 Å². The standard InChI is InChI=1S/C12H11IN4O3/c13-9-6-7(17(18)19)2-3-8(9)10-15-11(16-20-10)12(14)4-1-5-12/h2-3,6H,1,4-5,14H2. The maximum Gasteiger partial charge on any atom is 0.270 e. The van der Waals surface area contributed by atoms with Crippen LogP contribution in [-0.4, -0.2) is 15.1 Å². The Labute approximate surface area is 127 Å². The molecule has 0 aliphatic heterocycles. The molecule has 7 nitrogen and oxygen atoms in total. The van der Waals surface area contributed by atoms with Crippen LogP contribution in [0, 0.1) is 13.7 Å². The van der Waals surface area contributed by atoms with Gasteiger partial charge in [-0.15, -0.1) is 0 Å². The van der Waals surface area contributed by atoms with E-state index in [1.165, 1.54) is 12.1 Å². The van der Waals surface area contributed by atoms with E-state index in [9.17, 15) is 10.1 Å². The molecule has 1 aromatic heterocycles. The Morgan fingerprint density at radius 1 is 1.45 bits per heavy atom. The molecule has 1 fully saturated rings. The van der Waals surface area contributed by atoms with E-state index in [4.69, 9.17) is 10.3 Å². The lowest BCUT2D eigenvalue weighted by atomic mass is 9.77. The van der Waals surface area contributed by atoms with E-state index < -0.39 is 10.5 Å². The van der Waals surface area contributed by atoms with Gasteiger partial charge in [-0.3, -0.25) is 10.1 Å². The fourth-order valence-corrected chi connectivity index (χ4v) is 2.84. The number of nitro benzene ring substituents is 1. The number of hydrogen-bond donors (Lipinski definition) is 1. The Kier molecular flexibility index (Phi) is 3.21. The maximum absolute atomic E-state index is 10.7. The van der Waals surface area contributed by atoms with Crippen molar-refractivity contribution >= 4 is 28.3 Å². The van der Waals surface area contributed by atoms with Crippen LogP contribution in [0.1, 0.15) is 25.1 Å². The van der Waals surface area contributed by atoms with Gasteiger partial charge in [-0.2, -0.15) is 4.98 Å². The molecule has 104 valence electrons. The Bertz CT molecular complexity index is 681. The summed E-state index contributed by atoms with van der Waals surface area (Å²) in [4.78, 5) is 14.6. The van der Waals surface area contributed by atoms with E-state index in [2.05, 4.69) is 10.1 Å². The van der Waals surface area contributed by atoms with Gasteiger partial charge in [0.25, 0.3) is 11.6 Å². The van der Waals surface area contributed by atoms with Gasteiger partial charge in [-0.25, -0.2) is 0 Å². The summed E-state index contributed by atoms with van der Waals surface area (Å²) in [6.07, 6.45) is 2.77. The lowest BCUT2D eigenvalue weighted by molar-refractivity contribution is -0.384. The second-order valence-corrected chi connectivity index (χ2v) is 6.02. The number of hydrogen-bond acceptors (Lipinski definition) is 6. The van der Waals surface area contributed by atoms with Crippen molar-refractivity contribution in [2.24, 2.45) is 5.73 Å². The van der Waals surface area contributed by atoms with Crippen molar-refractivity contribution in [2.75, 3.05) is 0 Å². The molecule has 0 unspecified atom stereocenters. The van der Waals surface area contributed by atoms with E-state index >= 15 is 0 Å². The Morgan fingerprint density at radius 3 is 2.75 bits per heavy atom. The van der Waals surface area contributed by atoms with Crippen molar-refractivity contribution in [1.29, 1.82) is 0 Å². The van der Waals surface area contributed by atoms with Gasteiger partial charge in [-0.1, -0.05) is 5.16 Å². The highest BCUT2D eigenvalue weighted by Crippen LogP contribution is 2.38. The largest absolute Gasteiger partial charge is 0.334 e. The van der Waals surface area contributed by atoms with E-state index in [1.54, 1.807) is 6.07 Å². The number of nitro groups is 1. The lowest BCUT2D eigenvalue weighted by Crippen LogP contribution is -2.44.